The number of nitrogens with zero attached hydrogens (tertiary/aromatic N) is 5. The molecule has 10 heteroatoms. The first-order chi connectivity index (χ1) is 14.1. The normalized spacial score (nSPS) is 14.1. The van der Waals surface area contributed by atoms with Crippen molar-refractivity contribution in [2.24, 2.45) is 0 Å². The summed E-state index contributed by atoms with van der Waals surface area (Å²) in [7, 11) is 0. The van der Waals surface area contributed by atoms with Crippen LogP contribution in [0.3, 0.4) is 0 Å². The average Bonchev–Trinajstić information content (AvgIpc) is 3.32. The molecular weight excluding hydrogens is 428 g/mol. The number of thiophene rings is 1. The summed E-state index contributed by atoms with van der Waals surface area (Å²) in [4.78, 5) is 14.0. The van der Waals surface area contributed by atoms with Gasteiger partial charge in [-0.2, -0.15) is 9.94 Å². The van der Waals surface area contributed by atoms with Gasteiger partial charge in [-0.3, -0.25) is 4.79 Å². The number of hydrogen-bond acceptors (Lipinski definition) is 7. The van der Waals surface area contributed by atoms with E-state index in [1.165, 1.54) is 28.0 Å². The topological polar surface area (TPSA) is 96.5 Å². The Labute approximate surface area is 181 Å². The number of amides is 1. The lowest BCUT2D eigenvalue weighted by atomic mass is 9.96. The van der Waals surface area contributed by atoms with E-state index < -0.39 is 5.25 Å². The first-order valence-electron chi connectivity index (χ1n) is 9.13. The molecule has 0 radical (unpaired) electrons. The number of fused-ring (bicyclic) bond motifs is 1. The van der Waals surface area contributed by atoms with Crippen molar-refractivity contribution in [2.75, 3.05) is 5.32 Å². The standard InChI is InChI=1S/C19H17ClN6OS2/c1-11(28-19-23-24-25-26(19)13-8-6-12(20)7-9-13)17(27)22-18-15(10-21)14-4-2-3-5-16(14)29-18/h6-9,11H,2-5H2,1H3,(H,22,27)/t11-/m1/s1. The zero-order valence-corrected chi connectivity index (χ0v) is 17.9. The van der Waals surface area contributed by atoms with Crippen molar-refractivity contribution in [1.29, 1.82) is 5.26 Å². The van der Waals surface area contributed by atoms with Gasteiger partial charge in [0.1, 0.15) is 11.1 Å². The molecule has 0 aliphatic heterocycles. The minimum absolute atomic E-state index is 0.184. The van der Waals surface area contributed by atoms with Gasteiger partial charge >= 0.3 is 0 Å². The van der Waals surface area contributed by atoms with Gasteiger partial charge in [-0.05, 0) is 72.9 Å². The number of benzene rings is 1. The van der Waals surface area contributed by atoms with Crippen molar-refractivity contribution in [3.8, 4) is 11.8 Å². The largest absolute Gasteiger partial charge is 0.316 e. The Morgan fingerprint density at radius 2 is 2.10 bits per heavy atom. The summed E-state index contributed by atoms with van der Waals surface area (Å²) in [6.07, 6.45) is 4.10. The molecule has 7 nitrogen and oxygen atoms in total. The lowest BCUT2D eigenvalue weighted by Crippen LogP contribution is -2.23. The molecule has 1 N–H and O–H groups in total. The number of aromatic nitrogens is 4. The maximum Gasteiger partial charge on any atom is 0.238 e. The molecule has 0 spiro atoms. The van der Waals surface area contributed by atoms with Crippen molar-refractivity contribution in [3.05, 3.63) is 45.3 Å². The van der Waals surface area contributed by atoms with Crippen LogP contribution in [0.15, 0.2) is 29.4 Å². The molecule has 2 aromatic heterocycles. The predicted molar refractivity (Wildman–Crippen MR) is 114 cm³/mol. The van der Waals surface area contributed by atoms with E-state index in [0.29, 0.717) is 20.7 Å². The van der Waals surface area contributed by atoms with Crippen molar-refractivity contribution in [3.63, 3.8) is 0 Å². The zero-order valence-electron chi connectivity index (χ0n) is 15.6. The molecule has 2 heterocycles. The SMILES string of the molecule is C[C@@H](Sc1nnnn1-c1ccc(Cl)cc1)C(=O)Nc1sc2c(c1C#N)CCCC2. The Morgan fingerprint density at radius 3 is 2.86 bits per heavy atom. The number of aryl methyl sites for hydroxylation is 1. The lowest BCUT2D eigenvalue weighted by Gasteiger charge is -2.11. The van der Waals surface area contributed by atoms with Crippen molar-refractivity contribution in [2.45, 2.75) is 43.0 Å². The number of anilines is 1. The predicted octanol–water partition coefficient (Wildman–Crippen LogP) is 4.25. The summed E-state index contributed by atoms with van der Waals surface area (Å²) in [6.45, 7) is 1.79. The van der Waals surface area contributed by atoms with E-state index in [-0.39, 0.29) is 5.91 Å². The molecule has 1 atom stereocenters. The van der Waals surface area contributed by atoms with Crippen LogP contribution in [0.25, 0.3) is 5.69 Å². The fourth-order valence-electron chi connectivity index (χ4n) is 3.19. The van der Waals surface area contributed by atoms with Gasteiger partial charge in [-0.1, -0.05) is 23.4 Å². The summed E-state index contributed by atoms with van der Waals surface area (Å²) in [5.41, 5.74) is 2.47. The molecule has 1 aromatic carbocycles. The first kappa shape index (κ1) is 19.9. The smallest absolute Gasteiger partial charge is 0.238 e. The third kappa shape index (κ3) is 4.15. The van der Waals surface area contributed by atoms with Crippen LogP contribution in [0.4, 0.5) is 5.00 Å². The van der Waals surface area contributed by atoms with E-state index in [4.69, 9.17) is 11.6 Å². The highest BCUT2D eigenvalue weighted by molar-refractivity contribution is 8.00. The van der Waals surface area contributed by atoms with Crippen molar-refractivity contribution >= 4 is 45.6 Å². The fourth-order valence-corrected chi connectivity index (χ4v) is 5.37. The Bertz CT molecular complexity index is 1090. The Balaban J connectivity index is 1.49. The number of carbonyl (C=O) groups is 1. The summed E-state index contributed by atoms with van der Waals surface area (Å²) in [5, 5.41) is 25.6. The second-order valence-electron chi connectivity index (χ2n) is 6.63. The third-order valence-electron chi connectivity index (χ3n) is 4.68. The van der Waals surface area contributed by atoms with Gasteiger partial charge in [0, 0.05) is 9.90 Å². The van der Waals surface area contributed by atoms with Crippen LogP contribution in [0.5, 0.6) is 0 Å². The Hall–Kier alpha value is -2.41. The van der Waals surface area contributed by atoms with Gasteiger partial charge in [0.25, 0.3) is 0 Å². The molecule has 148 valence electrons. The summed E-state index contributed by atoms with van der Waals surface area (Å²) >= 11 is 8.71. The molecule has 0 saturated heterocycles. The lowest BCUT2D eigenvalue weighted by molar-refractivity contribution is -0.115. The molecule has 0 fully saturated rings. The van der Waals surface area contributed by atoms with E-state index in [2.05, 4.69) is 26.9 Å². The van der Waals surface area contributed by atoms with Crippen LogP contribution < -0.4 is 5.32 Å². The van der Waals surface area contributed by atoms with Crippen LogP contribution in [-0.4, -0.2) is 31.4 Å². The van der Waals surface area contributed by atoms with Crippen LogP contribution >= 0.6 is 34.7 Å². The van der Waals surface area contributed by atoms with Gasteiger partial charge in [-0.25, -0.2) is 0 Å². The third-order valence-corrected chi connectivity index (χ3v) is 7.18. The highest BCUT2D eigenvalue weighted by Crippen LogP contribution is 2.38. The van der Waals surface area contributed by atoms with Gasteiger partial charge in [-0.15, -0.1) is 16.4 Å². The van der Waals surface area contributed by atoms with Gasteiger partial charge in [0.05, 0.1) is 16.5 Å². The molecule has 3 aromatic rings. The number of halogens is 1. The molecule has 1 aliphatic rings. The first-order valence-corrected chi connectivity index (χ1v) is 11.2. The number of hydrogen-bond donors (Lipinski definition) is 1. The van der Waals surface area contributed by atoms with E-state index in [0.717, 1.165) is 36.9 Å². The molecular formula is C19H17ClN6OS2. The van der Waals surface area contributed by atoms with Crippen LogP contribution in [0, 0.1) is 11.3 Å². The highest BCUT2D eigenvalue weighted by Gasteiger charge is 2.24. The molecule has 1 amide bonds. The van der Waals surface area contributed by atoms with Gasteiger partial charge in [0.15, 0.2) is 0 Å². The fraction of sp³-hybridized carbons (Fsp3) is 0.316. The molecule has 0 unspecified atom stereocenters. The molecule has 0 saturated carbocycles. The summed E-state index contributed by atoms with van der Waals surface area (Å²) in [6, 6.07) is 9.40. The van der Waals surface area contributed by atoms with Crippen molar-refractivity contribution in [1.82, 2.24) is 20.2 Å². The molecule has 29 heavy (non-hydrogen) atoms. The minimum atomic E-state index is -0.447. The molecule has 1 aliphatic carbocycles. The number of thioether (sulfide) groups is 1. The van der Waals surface area contributed by atoms with Crippen LogP contribution in [0.1, 0.15) is 35.8 Å². The number of carbonyl (C=O) groups excluding carboxylic acids is 1. The molecule has 0 bridgehead atoms. The summed E-state index contributed by atoms with van der Waals surface area (Å²) in [5.74, 6) is -0.184. The van der Waals surface area contributed by atoms with E-state index >= 15 is 0 Å². The van der Waals surface area contributed by atoms with Crippen LogP contribution in [0.2, 0.25) is 5.02 Å². The Morgan fingerprint density at radius 1 is 1.34 bits per heavy atom. The van der Waals surface area contributed by atoms with Crippen LogP contribution in [-0.2, 0) is 17.6 Å². The maximum atomic E-state index is 12.8. The quantitative estimate of drug-likeness (QED) is 0.591. The second kappa shape index (κ2) is 8.53. The van der Waals surface area contributed by atoms with E-state index in [9.17, 15) is 10.1 Å². The van der Waals surface area contributed by atoms with Gasteiger partial charge in [0.2, 0.25) is 11.1 Å². The highest BCUT2D eigenvalue weighted by atomic mass is 35.5. The number of nitriles is 1. The number of nitrogens with one attached hydrogen (secondary N) is 1. The zero-order chi connectivity index (χ0) is 20.4. The molecule has 4 rings (SSSR count). The maximum absolute atomic E-state index is 12.8. The Kier molecular flexibility index (Phi) is 5.85. The second-order valence-corrected chi connectivity index (χ2v) is 9.48. The van der Waals surface area contributed by atoms with E-state index in [1.807, 2.05) is 12.1 Å². The minimum Gasteiger partial charge on any atom is -0.316 e. The number of rotatable bonds is 5. The average molecular weight is 445 g/mol. The van der Waals surface area contributed by atoms with E-state index in [1.54, 1.807) is 23.7 Å². The monoisotopic (exact) mass is 444 g/mol. The van der Waals surface area contributed by atoms with Crippen molar-refractivity contribution < 1.29 is 4.79 Å². The van der Waals surface area contributed by atoms with Gasteiger partial charge < -0.3 is 5.32 Å². The number of tetrazole rings is 1. The summed E-state index contributed by atoms with van der Waals surface area (Å²) < 4.78 is 1.56.